The minimum Gasteiger partial charge on any atom is -0.317 e. The van der Waals surface area contributed by atoms with E-state index in [9.17, 15) is 9.59 Å². The molecule has 0 saturated heterocycles. The van der Waals surface area contributed by atoms with E-state index in [1.54, 1.807) is 31.2 Å². The topological polar surface area (TPSA) is 70.6 Å². The van der Waals surface area contributed by atoms with Crippen LogP contribution >= 0.6 is 38.9 Å². The van der Waals surface area contributed by atoms with Crippen LogP contribution in [-0.4, -0.2) is 17.5 Å². The molecule has 120 valence electrons. The Morgan fingerprint density at radius 3 is 2.57 bits per heavy atom. The Morgan fingerprint density at radius 1 is 1.22 bits per heavy atom. The van der Waals surface area contributed by atoms with Crippen molar-refractivity contribution in [1.82, 2.24) is 5.43 Å². The highest BCUT2D eigenvalue weighted by molar-refractivity contribution is 9.10. The Labute approximate surface area is 150 Å². The number of aryl methyl sites for hydroxylation is 1. The number of nitrogens with one attached hydrogen (secondary N) is 2. The van der Waals surface area contributed by atoms with Gasteiger partial charge in [-0.3, -0.25) is 9.59 Å². The van der Waals surface area contributed by atoms with Crippen molar-refractivity contribution in [1.29, 1.82) is 0 Å². The fourth-order valence-corrected chi connectivity index (χ4v) is 3.16. The fourth-order valence-electron chi connectivity index (χ4n) is 1.70. The van der Waals surface area contributed by atoms with Gasteiger partial charge in [-0.1, -0.05) is 27.5 Å². The van der Waals surface area contributed by atoms with Crippen LogP contribution in [0, 0.1) is 6.92 Å². The first-order chi connectivity index (χ1) is 10.9. The Bertz CT molecular complexity index is 789. The fraction of sp³-hybridized carbons (Fsp3) is 0.133. The molecule has 0 aliphatic carbocycles. The highest BCUT2D eigenvalue weighted by Crippen LogP contribution is 2.22. The van der Waals surface area contributed by atoms with E-state index >= 15 is 0 Å². The summed E-state index contributed by atoms with van der Waals surface area (Å²) >= 11 is 10.5. The summed E-state index contributed by atoms with van der Waals surface area (Å²) in [7, 11) is 0. The van der Waals surface area contributed by atoms with Gasteiger partial charge in [-0.05, 0) is 49.7 Å². The van der Waals surface area contributed by atoms with Crippen LogP contribution in [0.4, 0.5) is 5.69 Å². The third-order valence-electron chi connectivity index (χ3n) is 2.90. The van der Waals surface area contributed by atoms with Crippen molar-refractivity contribution in [3.05, 3.63) is 49.6 Å². The van der Waals surface area contributed by atoms with Gasteiger partial charge in [0.05, 0.1) is 14.9 Å². The molecule has 23 heavy (non-hydrogen) atoms. The molecular formula is C15H13BrClN3O2S. The molecule has 0 bridgehead atoms. The second kappa shape index (κ2) is 7.72. The number of amides is 2. The van der Waals surface area contributed by atoms with Crippen molar-refractivity contribution in [2.24, 2.45) is 5.10 Å². The molecule has 0 saturated carbocycles. The summed E-state index contributed by atoms with van der Waals surface area (Å²) in [5.74, 6) is -1.62. The molecule has 0 atom stereocenters. The molecule has 1 heterocycles. The maximum absolute atomic E-state index is 11.9. The van der Waals surface area contributed by atoms with Crippen molar-refractivity contribution in [2.45, 2.75) is 13.8 Å². The third-order valence-corrected chi connectivity index (χ3v) is 4.73. The van der Waals surface area contributed by atoms with Crippen molar-refractivity contribution in [3.8, 4) is 0 Å². The van der Waals surface area contributed by atoms with Crippen LogP contribution in [-0.2, 0) is 9.59 Å². The number of anilines is 1. The summed E-state index contributed by atoms with van der Waals surface area (Å²) in [6.45, 7) is 3.56. The Balaban J connectivity index is 1.98. The van der Waals surface area contributed by atoms with E-state index in [0.29, 0.717) is 15.7 Å². The maximum atomic E-state index is 11.9. The van der Waals surface area contributed by atoms with Crippen molar-refractivity contribution < 1.29 is 9.59 Å². The largest absolute Gasteiger partial charge is 0.329 e. The number of thiophene rings is 1. The second-order valence-electron chi connectivity index (χ2n) is 4.66. The lowest BCUT2D eigenvalue weighted by Crippen LogP contribution is -2.33. The summed E-state index contributed by atoms with van der Waals surface area (Å²) < 4.78 is 1.52. The predicted octanol–water partition coefficient (Wildman–Crippen LogP) is 3.95. The van der Waals surface area contributed by atoms with Crippen molar-refractivity contribution in [2.75, 3.05) is 5.32 Å². The maximum Gasteiger partial charge on any atom is 0.329 e. The summed E-state index contributed by atoms with van der Waals surface area (Å²) in [6.07, 6.45) is 0. The lowest BCUT2D eigenvalue weighted by Gasteiger charge is -2.07. The van der Waals surface area contributed by atoms with Gasteiger partial charge in [0.15, 0.2) is 0 Å². The van der Waals surface area contributed by atoms with Gasteiger partial charge in [-0.15, -0.1) is 11.3 Å². The molecule has 2 N–H and O–H groups in total. The van der Waals surface area contributed by atoms with Crippen LogP contribution in [0.15, 0.2) is 39.9 Å². The van der Waals surface area contributed by atoms with Gasteiger partial charge in [0.1, 0.15) is 0 Å². The monoisotopic (exact) mass is 413 g/mol. The number of rotatable bonds is 3. The highest BCUT2D eigenvalue weighted by Gasteiger charge is 2.14. The number of nitrogens with zero attached hydrogens (tertiary/aromatic N) is 1. The van der Waals surface area contributed by atoms with Gasteiger partial charge in [0, 0.05) is 10.2 Å². The first-order valence-electron chi connectivity index (χ1n) is 6.54. The molecule has 2 amide bonds. The second-order valence-corrected chi connectivity index (χ2v) is 7.29. The Kier molecular flexibility index (Phi) is 5.92. The predicted molar refractivity (Wildman–Crippen MR) is 97.2 cm³/mol. The summed E-state index contributed by atoms with van der Waals surface area (Å²) in [5, 5.41) is 6.45. The van der Waals surface area contributed by atoms with E-state index in [1.165, 1.54) is 11.3 Å². The lowest BCUT2D eigenvalue weighted by molar-refractivity contribution is -0.136. The molecular weight excluding hydrogens is 402 g/mol. The van der Waals surface area contributed by atoms with E-state index in [2.05, 4.69) is 31.8 Å². The number of hydrogen-bond acceptors (Lipinski definition) is 4. The summed E-state index contributed by atoms with van der Waals surface area (Å²) in [6, 6.07) is 8.88. The van der Waals surface area contributed by atoms with E-state index in [1.807, 2.05) is 13.0 Å². The van der Waals surface area contributed by atoms with Crippen molar-refractivity contribution >= 4 is 62.1 Å². The molecule has 0 aliphatic rings. The van der Waals surface area contributed by atoms with Gasteiger partial charge >= 0.3 is 11.8 Å². The molecule has 1 aromatic carbocycles. The van der Waals surface area contributed by atoms with Crippen LogP contribution < -0.4 is 10.7 Å². The number of halogens is 2. The van der Waals surface area contributed by atoms with Crippen LogP contribution in [0.2, 0.25) is 4.34 Å². The lowest BCUT2D eigenvalue weighted by atomic mass is 10.2. The van der Waals surface area contributed by atoms with Gasteiger partial charge in [-0.2, -0.15) is 5.10 Å². The van der Waals surface area contributed by atoms with E-state index in [0.717, 1.165) is 14.9 Å². The SMILES string of the molecule is C/C(=N\NC(=O)C(=O)Nc1ccc(Br)cc1C)c1ccc(Cl)s1. The molecule has 0 spiro atoms. The van der Waals surface area contributed by atoms with Crippen LogP contribution in [0.1, 0.15) is 17.4 Å². The van der Waals surface area contributed by atoms with E-state index in [-0.39, 0.29) is 0 Å². The van der Waals surface area contributed by atoms with Crippen LogP contribution in [0.5, 0.6) is 0 Å². The zero-order valence-electron chi connectivity index (χ0n) is 12.3. The summed E-state index contributed by atoms with van der Waals surface area (Å²) in [4.78, 5) is 24.5. The van der Waals surface area contributed by atoms with Crippen LogP contribution in [0.25, 0.3) is 0 Å². The first-order valence-corrected chi connectivity index (χ1v) is 8.53. The van der Waals surface area contributed by atoms with E-state index < -0.39 is 11.8 Å². The number of carbonyl (C=O) groups excluding carboxylic acids is 2. The van der Waals surface area contributed by atoms with Crippen LogP contribution in [0.3, 0.4) is 0 Å². The molecule has 1 aromatic heterocycles. The molecule has 2 aromatic rings. The zero-order valence-corrected chi connectivity index (χ0v) is 15.5. The molecule has 8 heteroatoms. The smallest absolute Gasteiger partial charge is 0.317 e. The average molecular weight is 415 g/mol. The van der Waals surface area contributed by atoms with E-state index in [4.69, 9.17) is 11.6 Å². The number of hydrazone groups is 1. The Hall–Kier alpha value is -1.70. The van der Waals surface area contributed by atoms with Gasteiger partial charge in [-0.25, -0.2) is 5.43 Å². The number of carbonyl (C=O) groups is 2. The van der Waals surface area contributed by atoms with Gasteiger partial charge in [0.2, 0.25) is 0 Å². The van der Waals surface area contributed by atoms with Crippen molar-refractivity contribution in [3.63, 3.8) is 0 Å². The summed E-state index contributed by atoms with van der Waals surface area (Å²) in [5.41, 5.74) is 4.21. The average Bonchev–Trinajstić information content (AvgIpc) is 2.93. The zero-order chi connectivity index (χ0) is 17.0. The molecule has 0 radical (unpaired) electrons. The quantitative estimate of drug-likeness (QED) is 0.453. The first kappa shape index (κ1) is 17.7. The molecule has 2 rings (SSSR count). The van der Waals surface area contributed by atoms with Gasteiger partial charge in [0.25, 0.3) is 0 Å². The molecule has 0 aliphatic heterocycles. The minimum atomic E-state index is -0.839. The Morgan fingerprint density at radius 2 is 1.96 bits per heavy atom. The minimum absolute atomic E-state index is 0.569. The standard InChI is InChI=1S/C15H13BrClN3O2S/c1-8-7-10(16)3-4-11(8)18-14(21)15(22)20-19-9(2)12-5-6-13(17)23-12/h3-7H,1-2H3,(H,18,21)(H,20,22)/b19-9+. The molecule has 0 unspecified atom stereocenters. The molecule has 0 fully saturated rings. The number of benzene rings is 1. The highest BCUT2D eigenvalue weighted by atomic mass is 79.9. The normalized spacial score (nSPS) is 11.2. The number of hydrogen-bond donors (Lipinski definition) is 2. The van der Waals surface area contributed by atoms with Gasteiger partial charge < -0.3 is 5.32 Å². The molecule has 5 nitrogen and oxygen atoms in total. The third kappa shape index (κ3) is 4.89.